The fourth-order valence-electron chi connectivity index (χ4n) is 2.08. The predicted octanol–water partition coefficient (Wildman–Crippen LogP) is 2.80. The van der Waals surface area contributed by atoms with E-state index in [0.29, 0.717) is 30.1 Å². The lowest BCUT2D eigenvalue weighted by atomic mass is 10.2. The number of nitrogens with zero attached hydrogens (tertiary/aromatic N) is 1. The first-order valence-corrected chi connectivity index (χ1v) is 9.39. The largest absolute Gasteiger partial charge is 0.354 e. The van der Waals surface area contributed by atoms with Crippen LogP contribution in [0.25, 0.3) is 12.2 Å². The molecule has 0 aliphatic rings. The van der Waals surface area contributed by atoms with Crippen LogP contribution in [0.4, 0.5) is 5.69 Å². The summed E-state index contributed by atoms with van der Waals surface area (Å²) in [6.45, 7) is 5.56. The van der Waals surface area contributed by atoms with Crippen LogP contribution in [-0.2, 0) is 14.8 Å². The van der Waals surface area contributed by atoms with Crippen LogP contribution in [0.1, 0.15) is 37.3 Å². The van der Waals surface area contributed by atoms with E-state index >= 15 is 0 Å². The average molecular weight is 363 g/mol. The van der Waals surface area contributed by atoms with Gasteiger partial charge in [-0.05, 0) is 30.7 Å². The molecule has 1 amide bonds. The van der Waals surface area contributed by atoms with Gasteiger partial charge in [0, 0.05) is 13.0 Å². The second-order valence-corrected chi connectivity index (χ2v) is 7.08. The Kier molecular flexibility index (Phi) is 6.11. The summed E-state index contributed by atoms with van der Waals surface area (Å²) in [5.41, 5.74) is 1.92. The molecular formula is C17H21N3O4S. The monoisotopic (exact) mass is 363 g/mol. The number of amides is 1. The van der Waals surface area contributed by atoms with Crippen LogP contribution in [0, 0.1) is 6.92 Å². The zero-order valence-electron chi connectivity index (χ0n) is 14.4. The van der Waals surface area contributed by atoms with Gasteiger partial charge in [0.2, 0.25) is 15.9 Å². The van der Waals surface area contributed by atoms with E-state index in [9.17, 15) is 13.2 Å². The van der Waals surface area contributed by atoms with E-state index in [4.69, 9.17) is 4.52 Å². The molecular weight excluding hydrogens is 342 g/mol. The molecule has 0 saturated carbocycles. The second-order valence-electron chi connectivity index (χ2n) is 5.31. The lowest BCUT2D eigenvalue weighted by molar-refractivity contribution is -0.115. The van der Waals surface area contributed by atoms with E-state index in [1.807, 2.05) is 0 Å². The highest BCUT2D eigenvalue weighted by molar-refractivity contribution is 7.89. The molecule has 0 aliphatic heterocycles. The predicted molar refractivity (Wildman–Crippen MR) is 96.4 cm³/mol. The van der Waals surface area contributed by atoms with Crippen molar-refractivity contribution in [3.63, 3.8) is 0 Å². The fraction of sp³-hybridized carbons (Fsp3) is 0.294. The van der Waals surface area contributed by atoms with Gasteiger partial charge in [0.1, 0.15) is 11.4 Å². The van der Waals surface area contributed by atoms with Gasteiger partial charge in [-0.2, -0.15) is 0 Å². The Labute approximate surface area is 147 Å². The van der Waals surface area contributed by atoms with Crippen LogP contribution >= 0.6 is 0 Å². The molecule has 8 heteroatoms. The van der Waals surface area contributed by atoms with Gasteiger partial charge >= 0.3 is 0 Å². The van der Waals surface area contributed by atoms with Gasteiger partial charge < -0.3 is 9.84 Å². The summed E-state index contributed by atoms with van der Waals surface area (Å²) in [5, 5.41) is 6.61. The Balaban J connectivity index is 2.19. The van der Waals surface area contributed by atoms with Crippen LogP contribution < -0.4 is 10.0 Å². The molecule has 134 valence electrons. The molecule has 1 heterocycles. The van der Waals surface area contributed by atoms with Crippen LogP contribution in [0.3, 0.4) is 0 Å². The first kappa shape index (κ1) is 18.9. The number of rotatable bonds is 7. The smallest absolute Gasteiger partial charge is 0.240 e. The molecule has 2 rings (SSSR count). The van der Waals surface area contributed by atoms with Gasteiger partial charge in [0.15, 0.2) is 5.76 Å². The number of carbonyl (C=O) groups is 1. The maximum atomic E-state index is 11.9. The van der Waals surface area contributed by atoms with Crippen molar-refractivity contribution in [2.75, 3.05) is 11.9 Å². The Morgan fingerprint density at radius 1 is 1.20 bits per heavy atom. The summed E-state index contributed by atoms with van der Waals surface area (Å²) < 4.78 is 31.5. The molecule has 25 heavy (non-hydrogen) atoms. The number of anilines is 1. The van der Waals surface area contributed by atoms with Crippen molar-refractivity contribution in [2.45, 2.75) is 32.1 Å². The normalized spacial score (nSPS) is 11.8. The topological polar surface area (TPSA) is 101 Å². The number of hydrogen-bond acceptors (Lipinski definition) is 5. The number of hydrogen-bond donors (Lipinski definition) is 2. The molecule has 0 aliphatic carbocycles. The molecule has 2 aromatic rings. The highest BCUT2D eigenvalue weighted by Gasteiger charge is 2.13. The van der Waals surface area contributed by atoms with E-state index < -0.39 is 10.0 Å². The van der Waals surface area contributed by atoms with E-state index in [2.05, 4.69) is 15.2 Å². The van der Waals surface area contributed by atoms with Gasteiger partial charge in [0.25, 0.3) is 0 Å². The minimum absolute atomic E-state index is 0.126. The van der Waals surface area contributed by atoms with Gasteiger partial charge in [-0.1, -0.05) is 37.2 Å². The van der Waals surface area contributed by atoms with Crippen LogP contribution in [0.5, 0.6) is 0 Å². The Bertz CT molecular complexity index is 868. The van der Waals surface area contributed by atoms with Gasteiger partial charge in [-0.25, -0.2) is 13.1 Å². The molecule has 0 atom stereocenters. The quantitative estimate of drug-likeness (QED) is 0.788. The number of aryl methyl sites for hydroxylation is 1. The van der Waals surface area contributed by atoms with Crippen molar-refractivity contribution in [3.8, 4) is 0 Å². The van der Waals surface area contributed by atoms with E-state index in [0.717, 1.165) is 5.56 Å². The highest BCUT2D eigenvalue weighted by Crippen LogP contribution is 2.23. The number of aromatic nitrogens is 1. The third-order valence-corrected chi connectivity index (χ3v) is 4.99. The minimum atomic E-state index is -3.46. The average Bonchev–Trinajstić information content (AvgIpc) is 2.93. The Morgan fingerprint density at radius 3 is 2.48 bits per heavy atom. The van der Waals surface area contributed by atoms with E-state index in [1.54, 1.807) is 45.1 Å². The molecule has 1 aromatic carbocycles. The summed E-state index contributed by atoms with van der Waals surface area (Å²) in [6.07, 6.45) is 3.79. The zero-order valence-corrected chi connectivity index (χ0v) is 15.2. The zero-order chi connectivity index (χ0) is 18.4. The number of sulfonamides is 1. The van der Waals surface area contributed by atoms with E-state index in [-0.39, 0.29) is 10.8 Å². The maximum Gasteiger partial charge on any atom is 0.240 e. The molecule has 0 spiro atoms. The van der Waals surface area contributed by atoms with Crippen molar-refractivity contribution < 1.29 is 17.7 Å². The number of nitrogens with one attached hydrogen (secondary N) is 2. The second kappa shape index (κ2) is 8.09. The Morgan fingerprint density at radius 2 is 1.88 bits per heavy atom. The Hall–Kier alpha value is -2.45. The highest BCUT2D eigenvalue weighted by atomic mass is 32.2. The summed E-state index contributed by atoms with van der Waals surface area (Å²) in [5.74, 6) is 0.308. The van der Waals surface area contributed by atoms with Gasteiger partial charge in [-0.15, -0.1) is 0 Å². The molecule has 2 N–H and O–H groups in total. The SMILES string of the molecule is CCNS(=O)(=O)c1ccc(/C=C\c2onc(C)c2NC(=O)CC)cc1. The third-order valence-electron chi connectivity index (χ3n) is 3.43. The van der Waals surface area contributed by atoms with Crippen LogP contribution in [0.15, 0.2) is 33.7 Å². The van der Waals surface area contributed by atoms with Crippen LogP contribution in [-0.4, -0.2) is 26.0 Å². The molecule has 0 radical (unpaired) electrons. The summed E-state index contributed by atoms with van der Waals surface area (Å²) in [7, 11) is -3.46. The van der Waals surface area contributed by atoms with E-state index in [1.165, 1.54) is 12.1 Å². The third kappa shape index (κ3) is 4.77. The lowest BCUT2D eigenvalue weighted by Gasteiger charge is -2.04. The van der Waals surface area contributed by atoms with Crippen LogP contribution in [0.2, 0.25) is 0 Å². The van der Waals surface area contributed by atoms with Crippen molar-refractivity contribution in [1.29, 1.82) is 0 Å². The first-order valence-electron chi connectivity index (χ1n) is 7.91. The summed E-state index contributed by atoms with van der Waals surface area (Å²) in [6, 6.07) is 6.44. The summed E-state index contributed by atoms with van der Waals surface area (Å²) in [4.78, 5) is 11.8. The van der Waals surface area contributed by atoms with Crippen molar-refractivity contribution in [2.24, 2.45) is 0 Å². The molecule has 0 fully saturated rings. The molecule has 0 unspecified atom stereocenters. The van der Waals surface area contributed by atoms with Crippen molar-refractivity contribution in [3.05, 3.63) is 41.3 Å². The summed E-state index contributed by atoms with van der Waals surface area (Å²) >= 11 is 0. The molecule has 0 saturated heterocycles. The standard InChI is InChI=1S/C17H21N3O4S/c1-4-16(21)19-17-12(3)20-24-15(17)11-8-13-6-9-14(10-7-13)25(22,23)18-5-2/h6-11,18H,4-5H2,1-3H3,(H,19,21)/b11-8-. The number of carbonyl (C=O) groups excluding carboxylic acids is 1. The number of benzene rings is 1. The van der Waals surface area contributed by atoms with Crippen molar-refractivity contribution >= 4 is 33.8 Å². The minimum Gasteiger partial charge on any atom is -0.354 e. The lowest BCUT2D eigenvalue weighted by Crippen LogP contribution is -2.22. The fourth-order valence-corrected chi connectivity index (χ4v) is 3.13. The van der Waals surface area contributed by atoms with Crippen molar-refractivity contribution in [1.82, 2.24) is 9.88 Å². The van der Waals surface area contributed by atoms with Gasteiger partial charge in [0.05, 0.1) is 4.90 Å². The molecule has 7 nitrogen and oxygen atoms in total. The maximum absolute atomic E-state index is 11.9. The van der Waals surface area contributed by atoms with Gasteiger partial charge in [-0.3, -0.25) is 4.79 Å². The molecule has 1 aromatic heterocycles. The first-order chi connectivity index (χ1) is 11.9. The molecule has 0 bridgehead atoms.